The minimum Gasteiger partial charge on any atom is -0.473 e. The number of halogens is 3. The number of hydrogen-bond acceptors (Lipinski definition) is 6. The lowest BCUT2D eigenvalue weighted by atomic mass is 9.85. The molecule has 1 heterocycles. The molecule has 2 atom stereocenters. The molecule has 1 aromatic rings. The van der Waals surface area contributed by atoms with E-state index in [1.165, 1.54) is 7.11 Å². The summed E-state index contributed by atoms with van der Waals surface area (Å²) >= 11 is 0. The molecular weight excluding hydrogens is 367 g/mol. The molecule has 0 aromatic carbocycles. The van der Waals surface area contributed by atoms with Crippen molar-refractivity contribution in [1.82, 2.24) is 4.98 Å². The number of fused-ring (bicyclic) bond motifs is 2. The lowest BCUT2D eigenvalue weighted by Gasteiger charge is -2.26. The Balaban J connectivity index is 1.82. The van der Waals surface area contributed by atoms with Crippen molar-refractivity contribution in [3.8, 4) is 5.75 Å². The molecule has 0 radical (unpaired) electrons. The van der Waals surface area contributed by atoms with Gasteiger partial charge in [0.1, 0.15) is 17.1 Å². The van der Waals surface area contributed by atoms with E-state index >= 15 is 0 Å². The van der Waals surface area contributed by atoms with E-state index in [2.05, 4.69) is 4.98 Å². The molecule has 6 nitrogen and oxygen atoms in total. The van der Waals surface area contributed by atoms with E-state index < -0.39 is 18.0 Å². The molecule has 2 saturated carbocycles. The summed E-state index contributed by atoms with van der Waals surface area (Å²) in [5.41, 5.74) is -1.21. The molecule has 0 amide bonds. The van der Waals surface area contributed by atoms with Crippen LogP contribution in [0.2, 0.25) is 0 Å². The molecule has 3 rings (SSSR count). The highest BCUT2D eigenvalue weighted by atomic mass is 19.4. The number of ether oxygens (including phenoxy) is 3. The van der Waals surface area contributed by atoms with Crippen molar-refractivity contribution in [3.05, 3.63) is 23.5 Å². The Morgan fingerprint density at radius 3 is 2.37 bits per heavy atom. The highest BCUT2D eigenvalue weighted by Crippen LogP contribution is 2.39. The molecule has 2 aliphatic rings. The molecule has 0 N–H and O–H groups in total. The van der Waals surface area contributed by atoms with Crippen LogP contribution in [0.5, 0.6) is 5.75 Å². The molecular formula is C18H20F3NO5. The summed E-state index contributed by atoms with van der Waals surface area (Å²) in [6, 6.07) is 1.85. The van der Waals surface area contributed by atoms with Crippen molar-refractivity contribution in [2.45, 2.75) is 38.1 Å². The van der Waals surface area contributed by atoms with E-state index in [0.29, 0.717) is 19.3 Å². The number of alkyl halides is 3. The first-order valence-corrected chi connectivity index (χ1v) is 8.69. The van der Waals surface area contributed by atoms with Crippen molar-refractivity contribution in [3.63, 3.8) is 0 Å². The number of aromatic nitrogens is 1. The van der Waals surface area contributed by atoms with Crippen LogP contribution in [0, 0.1) is 11.8 Å². The minimum absolute atomic E-state index is 0.0478. The molecule has 2 fully saturated rings. The largest absolute Gasteiger partial charge is 0.473 e. The van der Waals surface area contributed by atoms with E-state index in [1.54, 1.807) is 0 Å². The van der Waals surface area contributed by atoms with Gasteiger partial charge in [-0.2, -0.15) is 13.2 Å². The maximum atomic E-state index is 13.0. The lowest BCUT2D eigenvalue weighted by molar-refractivity contribution is -0.145. The highest BCUT2D eigenvalue weighted by Gasteiger charge is 2.48. The summed E-state index contributed by atoms with van der Waals surface area (Å²) in [6.07, 6.45) is -4.08. The predicted molar refractivity (Wildman–Crippen MR) is 86.0 cm³/mol. The van der Waals surface area contributed by atoms with Gasteiger partial charge in [-0.1, -0.05) is 0 Å². The number of nitrogens with zero attached hydrogens (tertiary/aromatic N) is 1. The maximum absolute atomic E-state index is 13.0. The van der Waals surface area contributed by atoms with Crippen LogP contribution >= 0.6 is 0 Å². The smallest absolute Gasteiger partial charge is 0.433 e. The third-order valence-corrected chi connectivity index (χ3v) is 4.89. The van der Waals surface area contributed by atoms with E-state index in [0.717, 1.165) is 12.1 Å². The van der Waals surface area contributed by atoms with Crippen LogP contribution in [0.15, 0.2) is 12.1 Å². The van der Waals surface area contributed by atoms with Gasteiger partial charge in [-0.3, -0.25) is 9.59 Å². The van der Waals surface area contributed by atoms with Gasteiger partial charge in [0, 0.05) is 18.9 Å². The van der Waals surface area contributed by atoms with Gasteiger partial charge < -0.3 is 14.2 Å². The Bertz CT molecular complexity index is 699. The average molecular weight is 387 g/mol. The van der Waals surface area contributed by atoms with E-state index in [4.69, 9.17) is 14.2 Å². The minimum atomic E-state index is -4.63. The zero-order valence-corrected chi connectivity index (χ0v) is 14.8. The van der Waals surface area contributed by atoms with Crippen LogP contribution in [-0.4, -0.2) is 43.0 Å². The number of carbonyl (C=O) groups excluding carboxylic acids is 2. The molecule has 9 heteroatoms. The number of methoxy groups -OCH3 is 1. The second kappa shape index (κ2) is 7.93. The van der Waals surface area contributed by atoms with Crippen molar-refractivity contribution in [1.29, 1.82) is 0 Å². The summed E-state index contributed by atoms with van der Waals surface area (Å²) in [4.78, 5) is 28.5. The monoisotopic (exact) mass is 387 g/mol. The molecule has 2 unspecified atom stereocenters. The SMILES string of the molecule is COCCOCc1nc(C(F)(F)F)ccc1OC1C(=O)C2CCC(C2)C1=O. The average Bonchev–Trinajstić information content (AvgIpc) is 3.08. The summed E-state index contributed by atoms with van der Waals surface area (Å²) in [5, 5.41) is 0. The van der Waals surface area contributed by atoms with Gasteiger partial charge in [0.05, 0.1) is 19.8 Å². The number of carbonyl (C=O) groups is 2. The van der Waals surface area contributed by atoms with Gasteiger partial charge in [-0.25, -0.2) is 4.98 Å². The van der Waals surface area contributed by atoms with Crippen molar-refractivity contribution < 1.29 is 37.0 Å². The Morgan fingerprint density at radius 1 is 1.11 bits per heavy atom. The Hall–Kier alpha value is -2.00. The third kappa shape index (κ3) is 4.30. The highest BCUT2D eigenvalue weighted by molar-refractivity contribution is 6.10. The Labute approximate surface area is 154 Å². The molecule has 0 spiro atoms. The van der Waals surface area contributed by atoms with Crippen molar-refractivity contribution in [2.75, 3.05) is 20.3 Å². The molecule has 148 valence electrons. The number of hydrogen-bond donors (Lipinski definition) is 0. The fourth-order valence-electron chi connectivity index (χ4n) is 3.48. The first kappa shape index (κ1) is 19.8. The molecule has 0 aliphatic heterocycles. The fourth-order valence-corrected chi connectivity index (χ4v) is 3.48. The van der Waals surface area contributed by atoms with E-state index in [1.807, 2.05) is 0 Å². The van der Waals surface area contributed by atoms with Gasteiger partial charge in [0.2, 0.25) is 6.10 Å². The first-order valence-electron chi connectivity index (χ1n) is 8.69. The Kier molecular flexibility index (Phi) is 5.81. The number of pyridine rings is 1. The van der Waals surface area contributed by atoms with Crippen molar-refractivity contribution in [2.24, 2.45) is 11.8 Å². The van der Waals surface area contributed by atoms with Crippen LogP contribution in [0.1, 0.15) is 30.7 Å². The fraction of sp³-hybridized carbons (Fsp3) is 0.611. The Morgan fingerprint density at radius 2 is 1.78 bits per heavy atom. The summed E-state index contributed by atoms with van der Waals surface area (Å²) in [7, 11) is 1.47. The predicted octanol–water partition coefficient (Wildman–Crippen LogP) is 2.58. The van der Waals surface area contributed by atoms with Crippen molar-refractivity contribution >= 4 is 11.6 Å². The number of rotatable bonds is 7. The molecule has 27 heavy (non-hydrogen) atoms. The zero-order chi connectivity index (χ0) is 19.6. The normalized spacial score (nSPS) is 25.1. The van der Waals surface area contributed by atoms with E-state index in [-0.39, 0.29) is 54.7 Å². The zero-order valence-electron chi connectivity index (χ0n) is 14.8. The van der Waals surface area contributed by atoms with Gasteiger partial charge in [0.15, 0.2) is 11.6 Å². The first-order chi connectivity index (χ1) is 12.8. The van der Waals surface area contributed by atoms with Crippen LogP contribution in [0.25, 0.3) is 0 Å². The second-order valence-corrected chi connectivity index (χ2v) is 6.69. The maximum Gasteiger partial charge on any atom is 0.433 e. The lowest BCUT2D eigenvalue weighted by Crippen LogP contribution is -2.45. The molecule has 2 aliphatic carbocycles. The molecule has 2 bridgehead atoms. The van der Waals surface area contributed by atoms with Crippen LogP contribution in [-0.2, 0) is 31.8 Å². The van der Waals surface area contributed by atoms with E-state index in [9.17, 15) is 22.8 Å². The van der Waals surface area contributed by atoms with Crippen LogP contribution in [0.3, 0.4) is 0 Å². The van der Waals surface area contributed by atoms with Gasteiger partial charge >= 0.3 is 6.18 Å². The van der Waals surface area contributed by atoms with Crippen LogP contribution in [0.4, 0.5) is 13.2 Å². The molecule has 0 saturated heterocycles. The molecule has 1 aromatic heterocycles. The summed E-state index contributed by atoms with van der Waals surface area (Å²) < 4.78 is 54.6. The number of ketones is 2. The second-order valence-electron chi connectivity index (χ2n) is 6.69. The quantitative estimate of drug-likeness (QED) is 0.529. The summed E-state index contributed by atoms with van der Waals surface area (Å²) in [5.74, 6) is -1.10. The summed E-state index contributed by atoms with van der Waals surface area (Å²) in [6.45, 7) is 0.155. The number of Topliss-reactive ketones (excluding diaryl/α,β-unsaturated/α-hetero) is 2. The van der Waals surface area contributed by atoms with Gasteiger partial charge in [-0.05, 0) is 31.4 Å². The van der Waals surface area contributed by atoms with Gasteiger partial charge in [-0.15, -0.1) is 0 Å². The third-order valence-electron chi connectivity index (χ3n) is 4.89. The topological polar surface area (TPSA) is 74.7 Å². The van der Waals surface area contributed by atoms with Crippen LogP contribution < -0.4 is 4.74 Å². The standard InChI is InChI=1S/C18H20F3NO5/c1-25-6-7-26-9-12-13(4-5-14(22-12)18(19,20)21)27-17-15(23)10-2-3-11(8-10)16(17)24/h4-5,10-11,17H,2-3,6-9H2,1H3. The van der Waals surface area contributed by atoms with Gasteiger partial charge in [0.25, 0.3) is 0 Å².